The second-order valence-electron chi connectivity index (χ2n) is 4.83. The van der Waals surface area contributed by atoms with Crippen LogP contribution in [0.15, 0.2) is 88.3 Å². The summed E-state index contributed by atoms with van der Waals surface area (Å²) in [7, 11) is 0. The summed E-state index contributed by atoms with van der Waals surface area (Å²) in [5.74, 6) is 1.05. The first-order valence-electron chi connectivity index (χ1n) is 8.14. The number of rotatable bonds is 6. The molecule has 24 heavy (non-hydrogen) atoms. The molecule has 1 aliphatic carbocycles. The summed E-state index contributed by atoms with van der Waals surface area (Å²) in [4.78, 5) is 5.09. The zero-order valence-electron chi connectivity index (χ0n) is 14.5. The van der Waals surface area contributed by atoms with Crippen LogP contribution in [0.4, 0.5) is 0 Å². The molecule has 0 amide bonds. The summed E-state index contributed by atoms with van der Waals surface area (Å²) in [6.45, 7) is 6.51. The maximum absolute atomic E-state index is 5.63. The van der Waals surface area contributed by atoms with Gasteiger partial charge in [-0.05, 0) is 29.9 Å². The van der Waals surface area contributed by atoms with Crippen molar-refractivity contribution < 1.29 is 4.74 Å². The molecule has 0 spiro atoms. The van der Waals surface area contributed by atoms with E-state index >= 15 is 0 Å². The Labute approximate surface area is 151 Å². The van der Waals surface area contributed by atoms with E-state index < -0.39 is 0 Å². The number of benzene rings is 1. The van der Waals surface area contributed by atoms with E-state index in [0.717, 1.165) is 10.7 Å². The van der Waals surface area contributed by atoms with Crippen molar-refractivity contribution in [2.75, 3.05) is 6.61 Å². The lowest BCUT2D eigenvalue weighted by molar-refractivity contribution is 0.259. The molecule has 126 valence electrons. The first-order chi connectivity index (χ1) is 11.8. The lowest BCUT2D eigenvalue weighted by Gasteiger charge is -2.06. The van der Waals surface area contributed by atoms with E-state index in [-0.39, 0.29) is 5.92 Å². The van der Waals surface area contributed by atoms with E-state index in [1.54, 1.807) is 6.20 Å². The molecule has 1 aliphatic rings. The third kappa shape index (κ3) is 7.87. The fourth-order valence-corrected chi connectivity index (χ4v) is 1.96. The van der Waals surface area contributed by atoms with Crippen LogP contribution in [0.25, 0.3) is 0 Å². The van der Waals surface area contributed by atoms with Crippen molar-refractivity contribution in [1.82, 2.24) is 0 Å². The van der Waals surface area contributed by atoms with E-state index in [9.17, 15) is 0 Å². The number of hydrogen-bond donors (Lipinski definition) is 1. The minimum Gasteiger partial charge on any atom is -0.488 e. The molecule has 0 aromatic heterocycles. The molecule has 3 heteroatoms. The van der Waals surface area contributed by atoms with Gasteiger partial charge in [0.2, 0.25) is 0 Å². The van der Waals surface area contributed by atoms with Crippen LogP contribution in [0.1, 0.15) is 32.3 Å². The van der Waals surface area contributed by atoms with Gasteiger partial charge in [0.1, 0.15) is 12.4 Å². The molecule has 0 fully saturated rings. The van der Waals surface area contributed by atoms with Crippen molar-refractivity contribution in [3.05, 3.63) is 88.9 Å². The van der Waals surface area contributed by atoms with Gasteiger partial charge in [-0.1, -0.05) is 57.2 Å². The van der Waals surface area contributed by atoms with E-state index in [0.29, 0.717) is 6.61 Å². The Morgan fingerprint density at radius 2 is 2.00 bits per heavy atom. The Morgan fingerprint density at radius 3 is 2.75 bits per heavy atom. The van der Waals surface area contributed by atoms with Crippen molar-refractivity contribution >= 4 is 18.8 Å². The molecular weight excluding hydrogens is 314 g/mol. The molecule has 1 aromatic rings. The summed E-state index contributed by atoms with van der Waals surface area (Å²) >= 11 is 4.38. The summed E-state index contributed by atoms with van der Waals surface area (Å²) in [5, 5.41) is 0. The van der Waals surface area contributed by atoms with E-state index in [4.69, 9.17) is 4.74 Å². The minimum atomic E-state index is 0.267. The predicted octanol–water partition coefficient (Wildman–Crippen LogP) is 5.84. The maximum atomic E-state index is 5.63. The Balaban J connectivity index is 0.00000139. The quantitative estimate of drug-likeness (QED) is 0.392. The normalized spacial score (nSPS) is 14.7. The van der Waals surface area contributed by atoms with Gasteiger partial charge in [-0.3, -0.25) is 4.99 Å². The molecule has 1 aromatic carbocycles. The lowest BCUT2D eigenvalue weighted by atomic mass is 10.0. The van der Waals surface area contributed by atoms with Crippen LogP contribution in [0, 0.1) is 0 Å². The Kier molecular flexibility index (Phi) is 10.1. The minimum absolute atomic E-state index is 0.267. The smallest absolute Gasteiger partial charge is 0.120 e. The van der Waals surface area contributed by atoms with Crippen LogP contribution in [0.2, 0.25) is 0 Å². The van der Waals surface area contributed by atoms with Crippen molar-refractivity contribution in [2.24, 2.45) is 4.99 Å². The highest BCUT2D eigenvalue weighted by Crippen LogP contribution is 2.13. The molecule has 0 bridgehead atoms. The predicted molar refractivity (Wildman–Crippen MR) is 108 cm³/mol. The van der Waals surface area contributed by atoms with Gasteiger partial charge in [0.05, 0.1) is 0 Å². The molecule has 0 aliphatic heterocycles. The maximum Gasteiger partial charge on any atom is 0.120 e. The number of nitrogens with zero attached hydrogens (tertiary/aromatic N) is 1. The number of ether oxygens (including phenoxy) is 1. The van der Waals surface area contributed by atoms with Crippen LogP contribution in [0.3, 0.4) is 0 Å². The SMILES string of the molecule is CC.CC(C=N/C=C(\S)COC1=CC=C=CC=C1)c1ccccc1. The van der Waals surface area contributed by atoms with Gasteiger partial charge in [-0.15, -0.1) is 18.4 Å². The standard InChI is InChI=1S/C19H19NOS.C2H6/c1-16(17-9-5-4-6-10-17)13-20-14-19(22)15-21-18-11-7-2-3-8-12-18;1-2/h2,4-14,16,22H,15H2,1H3;1-2H3/b19-14-,20-13?;. The highest BCUT2D eigenvalue weighted by atomic mass is 32.1. The molecule has 0 heterocycles. The molecule has 1 atom stereocenters. The van der Waals surface area contributed by atoms with Crippen LogP contribution in [-0.4, -0.2) is 12.8 Å². The van der Waals surface area contributed by atoms with Gasteiger partial charge >= 0.3 is 0 Å². The van der Waals surface area contributed by atoms with Gasteiger partial charge in [-0.2, -0.15) is 0 Å². The van der Waals surface area contributed by atoms with E-state index in [1.807, 2.05) is 68.6 Å². The topological polar surface area (TPSA) is 21.6 Å². The Hall–Kier alpha value is -2.22. The van der Waals surface area contributed by atoms with Crippen molar-refractivity contribution in [2.45, 2.75) is 26.7 Å². The molecule has 0 radical (unpaired) electrons. The molecule has 0 N–H and O–H groups in total. The first kappa shape index (κ1) is 19.8. The number of hydrogen-bond acceptors (Lipinski definition) is 3. The average Bonchev–Trinajstić information content (AvgIpc) is 2.91. The first-order valence-corrected chi connectivity index (χ1v) is 8.59. The number of allylic oxidation sites excluding steroid dienone is 4. The number of thiol groups is 1. The molecule has 2 rings (SSSR count). The zero-order valence-corrected chi connectivity index (χ0v) is 15.4. The summed E-state index contributed by atoms with van der Waals surface area (Å²) in [5.41, 5.74) is 4.22. The van der Waals surface area contributed by atoms with Crippen LogP contribution in [-0.2, 0) is 4.74 Å². The van der Waals surface area contributed by atoms with Crippen LogP contribution >= 0.6 is 12.6 Å². The third-order valence-corrected chi connectivity index (χ3v) is 3.29. The monoisotopic (exact) mass is 339 g/mol. The van der Waals surface area contributed by atoms with Gasteiger partial charge in [0, 0.05) is 23.2 Å². The lowest BCUT2D eigenvalue weighted by Crippen LogP contribution is -1.95. The number of aliphatic imine (C=N–C) groups is 1. The van der Waals surface area contributed by atoms with Crippen molar-refractivity contribution in [3.63, 3.8) is 0 Å². The molecule has 2 nitrogen and oxygen atoms in total. The van der Waals surface area contributed by atoms with E-state index in [1.165, 1.54) is 5.56 Å². The highest BCUT2D eigenvalue weighted by Gasteiger charge is 2.00. The zero-order chi connectivity index (χ0) is 17.6. The van der Waals surface area contributed by atoms with Crippen molar-refractivity contribution in [3.8, 4) is 0 Å². The van der Waals surface area contributed by atoms with Crippen LogP contribution < -0.4 is 0 Å². The molecule has 0 saturated carbocycles. The second kappa shape index (κ2) is 12.2. The Morgan fingerprint density at radius 1 is 1.25 bits per heavy atom. The summed E-state index contributed by atoms with van der Waals surface area (Å²) in [6, 6.07) is 10.3. The van der Waals surface area contributed by atoms with Gasteiger partial charge in [0.15, 0.2) is 0 Å². The van der Waals surface area contributed by atoms with Crippen LogP contribution in [0.5, 0.6) is 0 Å². The summed E-state index contributed by atoms with van der Waals surface area (Å²) in [6.07, 6.45) is 12.9. The fourth-order valence-electron chi connectivity index (χ4n) is 1.83. The highest BCUT2D eigenvalue weighted by molar-refractivity contribution is 7.84. The molecule has 1 unspecified atom stereocenters. The summed E-state index contributed by atoms with van der Waals surface area (Å²) < 4.78 is 5.63. The van der Waals surface area contributed by atoms with Gasteiger partial charge in [-0.25, -0.2) is 0 Å². The fraction of sp³-hybridized carbons (Fsp3) is 0.238. The third-order valence-electron chi connectivity index (χ3n) is 3.04. The second-order valence-corrected chi connectivity index (χ2v) is 5.41. The molecule has 0 saturated heterocycles. The Bertz CT molecular complexity index is 662. The van der Waals surface area contributed by atoms with E-state index in [2.05, 4.69) is 42.4 Å². The average molecular weight is 340 g/mol. The van der Waals surface area contributed by atoms with Crippen molar-refractivity contribution in [1.29, 1.82) is 0 Å². The largest absolute Gasteiger partial charge is 0.488 e. The van der Waals surface area contributed by atoms with Gasteiger partial charge < -0.3 is 4.74 Å². The molecular formula is C21H25NOS. The van der Waals surface area contributed by atoms with Gasteiger partial charge in [0.25, 0.3) is 0 Å².